The highest BCUT2D eigenvalue weighted by atomic mass is 19.4. The van der Waals surface area contributed by atoms with Crippen molar-refractivity contribution in [1.82, 2.24) is 5.32 Å². The van der Waals surface area contributed by atoms with Gasteiger partial charge in [0, 0.05) is 0 Å². The molecule has 1 fully saturated rings. The molecule has 0 aliphatic heterocycles. The van der Waals surface area contributed by atoms with Crippen LogP contribution in [0, 0.1) is 0 Å². The molecule has 1 N–H and O–H groups in total. The minimum absolute atomic E-state index is 0.539. The fourth-order valence-corrected chi connectivity index (χ4v) is 2.89. The number of methoxy groups -OCH3 is 1. The van der Waals surface area contributed by atoms with Crippen LogP contribution in [0.3, 0.4) is 0 Å². The van der Waals surface area contributed by atoms with Crippen molar-refractivity contribution in [1.29, 1.82) is 0 Å². The summed E-state index contributed by atoms with van der Waals surface area (Å²) in [4.78, 5) is 12.3. The first-order valence-corrected chi connectivity index (χ1v) is 6.87. The van der Waals surface area contributed by atoms with E-state index in [-0.39, 0.29) is 0 Å². The first-order chi connectivity index (χ1) is 9.87. The number of benzene rings is 1. The van der Waals surface area contributed by atoms with Gasteiger partial charge < -0.3 is 10.1 Å². The Bertz CT molecular complexity index is 491. The van der Waals surface area contributed by atoms with Gasteiger partial charge in [-0.15, -0.1) is 0 Å². The average Bonchev–Trinajstić information content (AvgIpc) is 2.95. The summed E-state index contributed by atoms with van der Waals surface area (Å²) >= 11 is 0. The molecule has 1 aromatic rings. The van der Waals surface area contributed by atoms with Crippen LogP contribution in [0.5, 0.6) is 5.75 Å². The second-order valence-electron chi connectivity index (χ2n) is 5.32. The number of carbonyl (C=O) groups excluding carboxylic acids is 1. The number of alkyl halides is 3. The van der Waals surface area contributed by atoms with Crippen molar-refractivity contribution in [2.75, 3.05) is 13.7 Å². The van der Waals surface area contributed by atoms with Crippen molar-refractivity contribution in [2.45, 2.75) is 37.3 Å². The van der Waals surface area contributed by atoms with Gasteiger partial charge >= 0.3 is 6.18 Å². The Kier molecular flexibility index (Phi) is 4.44. The minimum Gasteiger partial charge on any atom is -0.497 e. The van der Waals surface area contributed by atoms with Crippen LogP contribution >= 0.6 is 0 Å². The number of hydrogen-bond acceptors (Lipinski definition) is 2. The summed E-state index contributed by atoms with van der Waals surface area (Å²) in [5, 5.41) is 2.04. The van der Waals surface area contributed by atoms with Gasteiger partial charge in [-0.25, -0.2) is 0 Å². The Morgan fingerprint density at radius 1 is 1.24 bits per heavy atom. The van der Waals surface area contributed by atoms with Gasteiger partial charge in [0.15, 0.2) is 0 Å². The molecule has 0 radical (unpaired) electrons. The molecule has 0 aromatic heterocycles. The molecule has 1 aliphatic rings. The van der Waals surface area contributed by atoms with Gasteiger partial charge in [-0.3, -0.25) is 4.79 Å². The lowest BCUT2D eigenvalue weighted by molar-refractivity contribution is -0.141. The van der Waals surface area contributed by atoms with E-state index in [0.717, 1.165) is 18.4 Å². The molecular weight excluding hydrogens is 283 g/mol. The molecule has 1 aliphatic carbocycles. The highest BCUT2D eigenvalue weighted by Crippen LogP contribution is 2.41. The largest absolute Gasteiger partial charge is 0.497 e. The standard InChI is InChI=1S/C15H18F3NO2/c1-21-12-6-4-11(5-7-12)14(8-2-3-9-14)13(20)19-10-15(16,17)18/h4-7H,2-3,8-10H2,1H3,(H,19,20). The summed E-state index contributed by atoms with van der Waals surface area (Å²) in [5.41, 5.74) is -0.0992. The van der Waals surface area contributed by atoms with Gasteiger partial charge in [0.05, 0.1) is 12.5 Å². The molecule has 1 saturated carbocycles. The molecule has 21 heavy (non-hydrogen) atoms. The van der Waals surface area contributed by atoms with Crippen LogP contribution in [0.4, 0.5) is 13.2 Å². The monoisotopic (exact) mass is 301 g/mol. The van der Waals surface area contributed by atoms with E-state index >= 15 is 0 Å². The van der Waals surface area contributed by atoms with Gasteiger partial charge in [0.2, 0.25) is 5.91 Å². The lowest BCUT2D eigenvalue weighted by Crippen LogP contribution is -2.45. The normalized spacial score (nSPS) is 17.5. The fourth-order valence-electron chi connectivity index (χ4n) is 2.89. The third-order valence-corrected chi connectivity index (χ3v) is 3.98. The van der Waals surface area contributed by atoms with Crippen molar-refractivity contribution < 1.29 is 22.7 Å². The molecule has 0 bridgehead atoms. The van der Waals surface area contributed by atoms with E-state index in [9.17, 15) is 18.0 Å². The van der Waals surface area contributed by atoms with Crippen LogP contribution in [-0.2, 0) is 10.2 Å². The zero-order chi connectivity index (χ0) is 15.5. The summed E-state index contributed by atoms with van der Waals surface area (Å²) in [7, 11) is 1.54. The van der Waals surface area contributed by atoms with Crippen molar-refractivity contribution in [2.24, 2.45) is 0 Å². The van der Waals surface area contributed by atoms with E-state index in [1.165, 1.54) is 7.11 Å². The van der Waals surface area contributed by atoms with Crippen LogP contribution in [0.25, 0.3) is 0 Å². The molecule has 0 saturated heterocycles. The minimum atomic E-state index is -4.39. The molecule has 0 heterocycles. The Hall–Kier alpha value is -1.72. The van der Waals surface area contributed by atoms with Crippen LogP contribution in [0.2, 0.25) is 0 Å². The zero-order valence-electron chi connectivity index (χ0n) is 11.8. The van der Waals surface area contributed by atoms with E-state index in [2.05, 4.69) is 0 Å². The predicted molar refractivity (Wildman–Crippen MR) is 72.2 cm³/mol. The Labute approximate surface area is 121 Å². The second kappa shape index (κ2) is 5.95. The van der Waals surface area contributed by atoms with Gasteiger partial charge in [0.25, 0.3) is 0 Å². The number of nitrogens with one attached hydrogen (secondary N) is 1. The predicted octanol–water partition coefficient (Wildman–Crippen LogP) is 3.19. The smallest absolute Gasteiger partial charge is 0.405 e. The molecule has 1 amide bonds. The summed E-state index contributed by atoms with van der Waals surface area (Å²) < 4.78 is 42.0. The van der Waals surface area contributed by atoms with E-state index in [4.69, 9.17) is 4.74 Å². The van der Waals surface area contributed by atoms with Crippen molar-refractivity contribution in [3.63, 3.8) is 0 Å². The Balaban J connectivity index is 2.21. The van der Waals surface area contributed by atoms with E-state index in [0.29, 0.717) is 18.6 Å². The Morgan fingerprint density at radius 2 is 1.81 bits per heavy atom. The van der Waals surface area contributed by atoms with Crippen LogP contribution in [0.15, 0.2) is 24.3 Å². The molecule has 1 aromatic carbocycles. The molecule has 0 unspecified atom stereocenters. The molecular formula is C15H18F3NO2. The number of hydrogen-bond donors (Lipinski definition) is 1. The number of halogens is 3. The third kappa shape index (κ3) is 3.49. The highest BCUT2D eigenvalue weighted by molar-refractivity contribution is 5.88. The summed E-state index contributed by atoms with van der Waals surface area (Å²) in [6.45, 7) is -1.29. The molecule has 0 atom stereocenters. The second-order valence-corrected chi connectivity index (χ2v) is 5.32. The van der Waals surface area contributed by atoms with Crippen molar-refractivity contribution >= 4 is 5.91 Å². The lowest BCUT2D eigenvalue weighted by Gasteiger charge is -2.28. The summed E-state index contributed by atoms with van der Waals surface area (Å²) in [6, 6.07) is 6.98. The fraction of sp³-hybridized carbons (Fsp3) is 0.533. The summed E-state index contributed by atoms with van der Waals surface area (Å²) in [5.74, 6) is 0.116. The number of amides is 1. The van der Waals surface area contributed by atoms with Gasteiger partial charge in [0.1, 0.15) is 12.3 Å². The third-order valence-electron chi connectivity index (χ3n) is 3.98. The molecule has 6 heteroatoms. The van der Waals surface area contributed by atoms with Crippen LogP contribution < -0.4 is 10.1 Å². The van der Waals surface area contributed by atoms with E-state index in [1.807, 2.05) is 5.32 Å². The number of ether oxygens (including phenoxy) is 1. The lowest BCUT2D eigenvalue weighted by atomic mass is 9.78. The molecule has 2 rings (SSSR count). The number of carbonyl (C=O) groups is 1. The quantitative estimate of drug-likeness (QED) is 0.927. The van der Waals surface area contributed by atoms with E-state index < -0.39 is 24.0 Å². The molecule has 3 nitrogen and oxygen atoms in total. The van der Waals surface area contributed by atoms with Crippen molar-refractivity contribution in [3.8, 4) is 5.75 Å². The van der Waals surface area contributed by atoms with Gasteiger partial charge in [-0.2, -0.15) is 13.2 Å². The van der Waals surface area contributed by atoms with Gasteiger partial charge in [-0.05, 0) is 30.5 Å². The maximum atomic E-state index is 12.3. The first kappa shape index (κ1) is 15.7. The molecule has 0 spiro atoms. The molecule has 116 valence electrons. The SMILES string of the molecule is COc1ccc(C2(C(=O)NCC(F)(F)F)CCCC2)cc1. The first-order valence-electron chi connectivity index (χ1n) is 6.87. The van der Waals surface area contributed by atoms with Gasteiger partial charge in [-0.1, -0.05) is 25.0 Å². The summed E-state index contributed by atoms with van der Waals surface area (Å²) in [6.07, 6.45) is -1.57. The van der Waals surface area contributed by atoms with Crippen LogP contribution in [0.1, 0.15) is 31.2 Å². The topological polar surface area (TPSA) is 38.3 Å². The average molecular weight is 301 g/mol. The highest BCUT2D eigenvalue weighted by Gasteiger charge is 2.43. The van der Waals surface area contributed by atoms with E-state index in [1.54, 1.807) is 24.3 Å². The maximum Gasteiger partial charge on any atom is 0.405 e. The number of rotatable bonds is 4. The van der Waals surface area contributed by atoms with Crippen LogP contribution in [-0.4, -0.2) is 25.7 Å². The maximum absolute atomic E-state index is 12.3. The Morgan fingerprint density at radius 3 is 2.29 bits per heavy atom. The van der Waals surface area contributed by atoms with Crippen molar-refractivity contribution in [3.05, 3.63) is 29.8 Å². The zero-order valence-corrected chi connectivity index (χ0v) is 11.8.